The average molecular weight is 282 g/mol. The van der Waals surface area contributed by atoms with E-state index in [1.807, 2.05) is 13.8 Å². The van der Waals surface area contributed by atoms with Gasteiger partial charge in [0.1, 0.15) is 12.1 Å². The van der Waals surface area contributed by atoms with Crippen LogP contribution in [0.15, 0.2) is 12.7 Å². The molecule has 0 saturated carbocycles. The summed E-state index contributed by atoms with van der Waals surface area (Å²) in [5.41, 5.74) is 0. The molecule has 2 amide bonds. The number of hydrogen-bond donors (Lipinski definition) is 1. The molecule has 0 aromatic rings. The Morgan fingerprint density at radius 1 is 1.45 bits per heavy atom. The summed E-state index contributed by atoms with van der Waals surface area (Å²) in [5, 5.41) is 2.82. The summed E-state index contributed by atoms with van der Waals surface area (Å²) < 4.78 is 5.43. The Kier molecular flexibility index (Phi) is 6.71. The van der Waals surface area contributed by atoms with E-state index in [2.05, 4.69) is 11.9 Å². The van der Waals surface area contributed by atoms with Crippen molar-refractivity contribution in [2.24, 2.45) is 5.92 Å². The Balaban J connectivity index is 2.58. The Morgan fingerprint density at radius 3 is 2.75 bits per heavy atom. The lowest BCUT2D eigenvalue weighted by Crippen LogP contribution is -2.64. The van der Waals surface area contributed by atoms with Gasteiger partial charge in [-0.05, 0) is 19.3 Å². The van der Waals surface area contributed by atoms with Crippen molar-refractivity contribution in [3.05, 3.63) is 12.7 Å². The fraction of sp³-hybridized carbons (Fsp3) is 0.733. The molecule has 5 heteroatoms. The largest absolute Gasteiger partial charge is 0.379 e. The molecular weight excluding hydrogens is 256 g/mol. The second kappa shape index (κ2) is 8.04. The van der Waals surface area contributed by atoms with Gasteiger partial charge in [-0.15, -0.1) is 6.58 Å². The number of nitrogens with one attached hydrogen (secondary N) is 1. The molecule has 3 atom stereocenters. The maximum atomic E-state index is 12.4. The van der Waals surface area contributed by atoms with Crippen LogP contribution in [0.1, 0.15) is 33.6 Å². The molecule has 0 aromatic carbocycles. The van der Waals surface area contributed by atoms with E-state index in [4.69, 9.17) is 4.74 Å². The molecular formula is C15H26N2O3. The molecule has 0 radical (unpaired) electrons. The molecule has 0 bridgehead atoms. The van der Waals surface area contributed by atoms with Gasteiger partial charge in [0.2, 0.25) is 11.8 Å². The highest BCUT2D eigenvalue weighted by Crippen LogP contribution is 2.17. The normalized spacial score (nSPS) is 24.4. The van der Waals surface area contributed by atoms with Gasteiger partial charge in [0.15, 0.2) is 0 Å². The standard InChI is InChI=1S/C15H26N2O3/c1-5-7-9-20-10-8-17-12(4)14(18)16-13(15(17)19)11(3)6-2/h5,11-13H,1,6-10H2,2-4H3,(H,16,18). The van der Waals surface area contributed by atoms with Crippen LogP contribution in [0, 0.1) is 5.92 Å². The smallest absolute Gasteiger partial charge is 0.246 e. The van der Waals surface area contributed by atoms with Crippen molar-refractivity contribution in [2.45, 2.75) is 45.7 Å². The molecule has 1 aliphatic heterocycles. The van der Waals surface area contributed by atoms with Crippen molar-refractivity contribution >= 4 is 11.8 Å². The van der Waals surface area contributed by atoms with Crippen LogP contribution < -0.4 is 5.32 Å². The quantitative estimate of drug-likeness (QED) is 0.540. The third-order valence-corrected chi connectivity index (χ3v) is 3.85. The first kappa shape index (κ1) is 16.7. The third-order valence-electron chi connectivity index (χ3n) is 3.85. The van der Waals surface area contributed by atoms with Gasteiger partial charge in [-0.3, -0.25) is 9.59 Å². The molecule has 1 fully saturated rings. The summed E-state index contributed by atoms with van der Waals surface area (Å²) in [6, 6.07) is -0.831. The van der Waals surface area contributed by atoms with Crippen molar-refractivity contribution in [3.8, 4) is 0 Å². The summed E-state index contributed by atoms with van der Waals surface area (Å²) in [4.78, 5) is 26.0. The molecule has 0 spiro atoms. The lowest BCUT2D eigenvalue weighted by Gasteiger charge is -2.39. The molecule has 5 nitrogen and oxygen atoms in total. The van der Waals surface area contributed by atoms with Crippen molar-refractivity contribution < 1.29 is 14.3 Å². The highest BCUT2D eigenvalue weighted by molar-refractivity contribution is 5.96. The van der Waals surface area contributed by atoms with Crippen LogP contribution in [-0.4, -0.2) is 48.6 Å². The van der Waals surface area contributed by atoms with Crippen LogP contribution in [0.4, 0.5) is 0 Å². The van der Waals surface area contributed by atoms with Crippen molar-refractivity contribution in [2.75, 3.05) is 19.8 Å². The number of hydrogen-bond acceptors (Lipinski definition) is 3. The van der Waals surface area contributed by atoms with E-state index in [0.717, 1.165) is 12.8 Å². The summed E-state index contributed by atoms with van der Waals surface area (Å²) in [5.74, 6) is 0.0582. The minimum atomic E-state index is -0.425. The predicted molar refractivity (Wildman–Crippen MR) is 78.2 cm³/mol. The zero-order chi connectivity index (χ0) is 15.1. The summed E-state index contributed by atoms with van der Waals surface area (Å²) in [6.07, 6.45) is 3.44. The fourth-order valence-corrected chi connectivity index (χ4v) is 2.20. The number of rotatable bonds is 8. The van der Waals surface area contributed by atoms with Crippen molar-refractivity contribution in [3.63, 3.8) is 0 Å². The van der Waals surface area contributed by atoms with Crippen LogP contribution in [0.5, 0.6) is 0 Å². The molecule has 0 aliphatic carbocycles. The molecule has 1 aliphatic rings. The second-order valence-corrected chi connectivity index (χ2v) is 5.27. The number of amides is 2. The van der Waals surface area contributed by atoms with Gasteiger partial charge >= 0.3 is 0 Å². The van der Waals surface area contributed by atoms with Crippen LogP contribution in [-0.2, 0) is 14.3 Å². The minimum Gasteiger partial charge on any atom is -0.379 e. The number of piperazine rings is 1. The first-order valence-corrected chi connectivity index (χ1v) is 7.32. The molecule has 20 heavy (non-hydrogen) atoms. The first-order chi connectivity index (χ1) is 9.52. The van der Waals surface area contributed by atoms with Gasteiger partial charge in [-0.25, -0.2) is 0 Å². The lowest BCUT2D eigenvalue weighted by molar-refractivity contribution is -0.150. The zero-order valence-corrected chi connectivity index (χ0v) is 12.7. The molecule has 114 valence electrons. The Bertz CT molecular complexity index is 357. The monoisotopic (exact) mass is 282 g/mol. The number of carbonyl (C=O) groups excluding carboxylic acids is 2. The minimum absolute atomic E-state index is 0.00114. The maximum Gasteiger partial charge on any atom is 0.246 e. The molecule has 0 aromatic heterocycles. The number of ether oxygens (including phenoxy) is 1. The molecule has 1 heterocycles. The third kappa shape index (κ3) is 4.07. The van der Waals surface area contributed by atoms with Crippen LogP contribution in [0.3, 0.4) is 0 Å². The van der Waals surface area contributed by atoms with E-state index < -0.39 is 12.1 Å². The zero-order valence-electron chi connectivity index (χ0n) is 12.7. The topological polar surface area (TPSA) is 58.6 Å². The van der Waals surface area contributed by atoms with Gasteiger partial charge in [0.05, 0.1) is 13.2 Å². The number of carbonyl (C=O) groups is 2. The van der Waals surface area contributed by atoms with Crippen LogP contribution in [0.2, 0.25) is 0 Å². The molecule has 1 rings (SSSR count). The molecule has 3 unspecified atom stereocenters. The van der Waals surface area contributed by atoms with E-state index in [0.29, 0.717) is 19.8 Å². The Labute approximate surface area is 121 Å². The fourth-order valence-electron chi connectivity index (χ4n) is 2.20. The van der Waals surface area contributed by atoms with E-state index in [1.165, 1.54) is 0 Å². The van der Waals surface area contributed by atoms with Gasteiger partial charge < -0.3 is 15.0 Å². The van der Waals surface area contributed by atoms with Gasteiger partial charge in [-0.1, -0.05) is 26.3 Å². The van der Waals surface area contributed by atoms with E-state index in [9.17, 15) is 9.59 Å². The first-order valence-electron chi connectivity index (χ1n) is 7.32. The van der Waals surface area contributed by atoms with Gasteiger partial charge in [0, 0.05) is 6.54 Å². The molecule has 1 N–H and O–H groups in total. The predicted octanol–water partition coefficient (Wildman–Crippen LogP) is 1.34. The summed E-state index contributed by atoms with van der Waals surface area (Å²) >= 11 is 0. The Morgan fingerprint density at radius 2 is 2.15 bits per heavy atom. The highest BCUT2D eigenvalue weighted by atomic mass is 16.5. The maximum absolute atomic E-state index is 12.4. The van der Waals surface area contributed by atoms with Crippen LogP contribution in [0.25, 0.3) is 0 Å². The lowest BCUT2D eigenvalue weighted by atomic mass is 9.94. The van der Waals surface area contributed by atoms with Gasteiger partial charge in [-0.2, -0.15) is 0 Å². The van der Waals surface area contributed by atoms with Gasteiger partial charge in [0.25, 0.3) is 0 Å². The molecule has 1 saturated heterocycles. The van der Waals surface area contributed by atoms with Crippen LogP contribution >= 0.6 is 0 Å². The van der Waals surface area contributed by atoms with E-state index in [-0.39, 0.29) is 17.7 Å². The highest BCUT2D eigenvalue weighted by Gasteiger charge is 2.39. The van der Waals surface area contributed by atoms with Crippen molar-refractivity contribution in [1.29, 1.82) is 0 Å². The van der Waals surface area contributed by atoms with Crippen molar-refractivity contribution in [1.82, 2.24) is 10.2 Å². The Hall–Kier alpha value is -1.36. The van der Waals surface area contributed by atoms with E-state index in [1.54, 1.807) is 17.9 Å². The van der Waals surface area contributed by atoms with E-state index >= 15 is 0 Å². The number of nitrogens with zero attached hydrogens (tertiary/aromatic N) is 1. The summed E-state index contributed by atoms with van der Waals surface area (Å²) in [7, 11) is 0. The summed E-state index contributed by atoms with van der Waals surface area (Å²) in [6.45, 7) is 10.9. The average Bonchev–Trinajstić information content (AvgIpc) is 2.45. The SMILES string of the molecule is C=CCCOCCN1C(=O)C(C(C)CC)NC(=O)C1C. The second-order valence-electron chi connectivity index (χ2n) is 5.27.